The first-order valence-corrected chi connectivity index (χ1v) is 8.81. The highest BCUT2D eigenvalue weighted by atomic mass is 35.5. The fourth-order valence-electron chi connectivity index (χ4n) is 2.10. The molecule has 0 saturated carbocycles. The average Bonchev–Trinajstić information content (AvgIpc) is 2.63. The Bertz CT molecular complexity index is 808. The maximum atomic E-state index is 13.1. The molecule has 0 aliphatic rings. The van der Waals surface area contributed by atoms with Gasteiger partial charge in [-0.1, -0.05) is 23.7 Å². The number of esters is 1. The van der Waals surface area contributed by atoms with Gasteiger partial charge in [-0.05, 0) is 56.7 Å². The van der Waals surface area contributed by atoms with Crippen molar-refractivity contribution < 1.29 is 23.5 Å². The van der Waals surface area contributed by atoms with Gasteiger partial charge in [-0.15, -0.1) is 0 Å². The van der Waals surface area contributed by atoms with Gasteiger partial charge >= 0.3 is 5.97 Å². The van der Waals surface area contributed by atoms with E-state index in [-0.39, 0.29) is 11.1 Å². The molecule has 1 atom stereocenters. The van der Waals surface area contributed by atoms with Crippen LogP contribution in [-0.4, -0.2) is 24.1 Å². The number of anilines is 1. The number of carbonyl (C=O) groups excluding carboxylic acids is 2. The van der Waals surface area contributed by atoms with Gasteiger partial charge < -0.3 is 14.8 Å². The smallest absolute Gasteiger partial charge is 0.338 e. The van der Waals surface area contributed by atoms with Gasteiger partial charge in [-0.3, -0.25) is 4.79 Å². The van der Waals surface area contributed by atoms with Gasteiger partial charge in [0.05, 0.1) is 23.3 Å². The molecule has 0 fully saturated rings. The second-order valence-electron chi connectivity index (χ2n) is 6.22. The van der Waals surface area contributed by atoms with E-state index < -0.39 is 23.8 Å². The molecule has 0 saturated heterocycles. The summed E-state index contributed by atoms with van der Waals surface area (Å²) in [7, 11) is 0. The van der Waals surface area contributed by atoms with E-state index in [1.807, 2.05) is 13.8 Å². The molecule has 2 rings (SSSR count). The second kappa shape index (κ2) is 9.48. The summed E-state index contributed by atoms with van der Waals surface area (Å²) in [6.07, 6.45) is -0.921. The zero-order valence-corrected chi connectivity index (χ0v) is 16.0. The third-order valence-corrected chi connectivity index (χ3v) is 3.90. The predicted molar refractivity (Wildman–Crippen MR) is 101 cm³/mol. The summed E-state index contributed by atoms with van der Waals surface area (Å²) >= 11 is 5.67. The summed E-state index contributed by atoms with van der Waals surface area (Å²) in [6.45, 7) is 5.78. The van der Waals surface area contributed by atoms with Crippen LogP contribution in [0, 0.1) is 5.82 Å². The molecule has 7 heteroatoms. The first kappa shape index (κ1) is 20.9. The van der Waals surface area contributed by atoms with E-state index in [1.165, 1.54) is 19.1 Å². The highest BCUT2D eigenvalue weighted by molar-refractivity contribution is 6.31. The van der Waals surface area contributed by atoms with Crippen molar-refractivity contribution in [1.29, 1.82) is 0 Å². The zero-order chi connectivity index (χ0) is 20.0. The molecule has 5 nitrogen and oxygen atoms in total. The van der Waals surface area contributed by atoms with Crippen LogP contribution in [0.15, 0.2) is 42.5 Å². The number of ether oxygens (including phenoxy) is 2. The van der Waals surface area contributed by atoms with Crippen molar-refractivity contribution in [2.45, 2.75) is 39.6 Å². The largest absolute Gasteiger partial charge is 0.449 e. The number of benzene rings is 2. The van der Waals surface area contributed by atoms with Crippen LogP contribution in [-0.2, 0) is 20.9 Å². The number of hydrogen-bond donors (Lipinski definition) is 1. The number of halogens is 2. The quantitative estimate of drug-likeness (QED) is 0.699. The highest BCUT2D eigenvalue weighted by Gasteiger charge is 2.19. The maximum Gasteiger partial charge on any atom is 0.338 e. The maximum absolute atomic E-state index is 13.1. The van der Waals surface area contributed by atoms with Crippen LogP contribution in [0.1, 0.15) is 36.7 Å². The summed E-state index contributed by atoms with van der Waals surface area (Å²) in [4.78, 5) is 24.3. The summed E-state index contributed by atoms with van der Waals surface area (Å²) in [5, 5.41) is 2.41. The molecule has 1 N–H and O–H groups in total. The lowest BCUT2D eigenvalue weighted by Gasteiger charge is -2.14. The van der Waals surface area contributed by atoms with E-state index in [1.54, 1.807) is 24.3 Å². The third-order valence-electron chi connectivity index (χ3n) is 3.61. The van der Waals surface area contributed by atoms with Gasteiger partial charge in [-0.2, -0.15) is 0 Å². The number of rotatable bonds is 7. The SMILES string of the molecule is CC(C)OCc1ccc(C(=O)O[C@H](C)C(=O)Nc2ccc(F)c(Cl)c2)cc1. The molecule has 0 aliphatic carbocycles. The van der Waals surface area contributed by atoms with Crippen LogP contribution in [0.5, 0.6) is 0 Å². The van der Waals surface area contributed by atoms with Crippen LogP contribution < -0.4 is 5.32 Å². The molecular weight excluding hydrogens is 373 g/mol. The predicted octanol–water partition coefficient (Wildman–Crippen LogP) is 4.59. The van der Waals surface area contributed by atoms with E-state index in [2.05, 4.69) is 5.32 Å². The molecule has 2 aromatic carbocycles. The van der Waals surface area contributed by atoms with Crippen LogP contribution in [0.25, 0.3) is 0 Å². The van der Waals surface area contributed by atoms with Crippen LogP contribution in [0.2, 0.25) is 5.02 Å². The molecule has 0 heterocycles. The fourth-order valence-corrected chi connectivity index (χ4v) is 2.28. The highest BCUT2D eigenvalue weighted by Crippen LogP contribution is 2.19. The Morgan fingerprint density at radius 2 is 1.78 bits per heavy atom. The molecule has 144 valence electrons. The molecule has 0 aromatic heterocycles. The third kappa shape index (κ3) is 6.34. The minimum Gasteiger partial charge on any atom is -0.449 e. The molecule has 0 unspecified atom stereocenters. The Kier molecular flexibility index (Phi) is 7.33. The lowest BCUT2D eigenvalue weighted by molar-refractivity contribution is -0.123. The summed E-state index contributed by atoms with van der Waals surface area (Å²) in [6, 6.07) is 10.6. The van der Waals surface area contributed by atoms with Gasteiger partial charge in [0.2, 0.25) is 0 Å². The minimum atomic E-state index is -1.04. The monoisotopic (exact) mass is 393 g/mol. The normalized spacial score (nSPS) is 11.9. The Balaban J connectivity index is 1.91. The molecule has 1 amide bonds. The van der Waals surface area contributed by atoms with Crippen molar-refractivity contribution in [3.63, 3.8) is 0 Å². The molecular formula is C20H21ClFNO4. The van der Waals surface area contributed by atoms with Gasteiger partial charge in [0.1, 0.15) is 5.82 Å². The number of carbonyl (C=O) groups is 2. The lowest BCUT2D eigenvalue weighted by Crippen LogP contribution is -2.30. The molecule has 0 aliphatic heterocycles. The van der Waals surface area contributed by atoms with Crippen LogP contribution >= 0.6 is 11.6 Å². The van der Waals surface area contributed by atoms with E-state index in [4.69, 9.17) is 21.1 Å². The van der Waals surface area contributed by atoms with Gasteiger partial charge in [0.25, 0.3) is 5.91 Å². The number of amides is 1. The second-order valence-corrected chi connectivity index (χ2v) is 6.63. The topological polar surface area (TPSA) is 64.6 Å². The van der Waals surface area contributed by atoms with Crippen LogP contribution in [0.3, 0.4) is 0 Å². The number of nitrogens with one attached hydrogen (secondary N) is 1. The van der Waals surface area contributed by atoms with E-state index in [0.29, 0.717) is 17.9 Å². The first-order chi connectivity index (χ1) is 12.8. The standard InChI is InChI=1S/C20H21ClFNO4/c1-12(2)26-11-14-4-6-15(7-5-14)20(25)27-13(3)19(24)23-16-8-9-18(22)17(21)10-16/h4-10,12-13H,11H2,1-3H3,(H,23,24)/t13-/m1/s1. The van der Waals surface area contributed by atoms with Crippen molar-refractivity contribution >= 4 is 29.2 Å². The summed E-state index contributed by atoms with van der Waals surface area (Å²) in [5.41, 5.74) is 1.57. The summed E-state index contributed by atoms with van der Waals surface area (Å²) in [5.74, 6) is -1.75. The number of hydrogen-bond acceptors (Lipinski definition) is 4. The van der Waals surface area contributed by atoms with Crippen molar-refractivity contribution in [2.24, 2.45) is 0 Å². The van der Waals surface area contributed by atoms with Crippen molar-refractivity contribution in [1.82, 2.24) is 0 Å². The van der Waals surface area contributed by atoms with Gasteiger partial charge in [0, 0.05) is 5.69 Å². The fraction of sp³-hybridized carbons (Fsp3) is 0.300. The molecule has 0 spiro atoms. The minimum absolute atomic E-state index is 0.112. The molecule has 0 bridgehead atoms. The molecule has 27 heavy (non-hydrogen) atoms. The lowest BCUT2D eigenvalue weighted by atomic mass is 10.1. The Morgan fingerprint density at radius 3 is 2.37 bits per heavy atom. The van der Waals surface area contributed by atoms with Gasteiger partial charge in [-0.25, -0.2) is 9.18 Å². The zero-order valence-electron chi connectivity index (χ0n) is 15.3. The Hall–Kier alpha value is -2.44. The molecule has 2 aromatic rings. The summed E-state index contributed by atoms with van der Waals surface area (Å²) < 4.78 is 23.8. The van der Waals surface area contributed by atoms with E-state index >= 15 is 0 Å². The van der Waals surface area contributed by atoms with Crippen molar-refractivity contribution in [3.8, 4) is 0 Å². The van der Waals surface area contributed by atoms with Crippen molar-refractivity contribution in [3.05, 3.63) is 64.4 Å². The molecule has 0 radical (unpaired) electrons. The Labute approximate surface area is 162 Å². The first-order valence-electron chi connectivity index (χ1n) is 8.43. The van der Waals surface area contributed by atoms with Crippen molar-refractivity contribution in [2.75, 3.05) is 5.32 Å². The Morgan fingerprint density at radius 1 is 1.11 bits per heavy atom. The van der Waals surface area contributed by atoms with Crippen LogP contribution in [0.4, 0.5) is 10.1 Å². The van der Waals surface area contributed by atoms with E-state index in [9.17, 15) is 14.0 Å². The van der Waals surface area contributed by atoms with E-state index in [0.717, 1.165) is 11.6 Å². The van der Waals surface area contributed by atoms with Gasteiger partial charge in [0.15, 0.2) is 6.10 Å². The average molecular weight is 394 g/mol.